The Bertz CT molecular complexity index is 256. The molecule has 1 radical (unpaired) electrons. The van der Waals surface area contributed by atoms with Crippen molar-refractivity contribution >= 4 is 5.97 Å². The van der Waals surface area contributed by atoms with Gasteiger partial charge in [0.2, 0.25) is 0 Å². The molecule has 0 saturated heterocycles. The smallest absolute Gasteiger partial charge is 0.329 e. The summed E-state index contributed by atoms with van der Waals surface area (Å²) < 4.78 is 4.85. The second kappa shape index (κ2) is 3.88. The minimum absolute atomic E-state index is 0.488. The van der Waals surface area contributed by atoms with Gasteiger partial charge in [0.05, 0.1) is 0 Å². The van der Waals surface area contributed by atoms with Gasteiger partial charge in [-0.1, -0.05) is 18.2 Å². The van der Waals surface area contributed by atoms with Gasteiger partial charge in [-0.25, -0.2) is 10.5 Å². The molecule has 0 spiro atoms. The van der Waals surface area contributed by atoms with Gasteiger partial charge < -0.3 is 4.74 Å². The summed E-state index contributed by atoms with van der Waals surface area (Å²) in [6, 6.07) is 7.92. The first-order valence-corrected chi connectivity index (χ1v) is 3.68. The van der Waals surface area contributed by atoms with Gasteiger partial charge in [-0.05, 0) is 19.1 Å². The second-order valence-electron chi connectivity index (χ2n) is 2.46. The molecule has 0 bridgehead atoms. The van der Waals surface area contributed by atoms with Gasteiger partial charge in [0.1, 0.15) is 11.8 Å². The lowest BCUT2D eigenvalue weighted by Crippen LogP contribution is -2.23. The Kier molecular flexibility index (Phi) is 2.82. The fraction of sp³-hybridized carbons (Fsp3) is 0.222. The van der Waals surface area contributed by atoms with E-state index in [4.69, 9.17) is 10.5 Å². The zero-order valence-electron chi connectivity index (χ0n) is 6.78. The minimum atomic E-state index is -0.829. The predicted octanol–water partition coefficient (Wildman–Crippen LogP) is 1.26. The Morgan fingerprint density at radius 2 is 2.00 bits per heavy atom. The number of esters is 1. The van der Waals surface area contributed by atoms with Crippen molar-refractivity contribution in [1.82, 2.24) is 5.73 Å². The van der Waals surface area contributed by atoms with Gasteiger partial charge in [0.15, 0.2) is 0 Å². The van der Waals surface area contributed by atoms with Crippen LogP contribution in [0.1, 0.15) is 6.92 Å². The Hall–Kier alpha value is -1.35. The fourth-order valence-electron chi connectivity index (χ4n) is 0.693. The number of para-hydroxylation sites is 1. The van der Waals surface area contributed by atoms with Gasteiger partial charge in [0, 0.05) is 0 Å². The highest BCUT2D eigenvalue weighted by Crippen LogP contribution is 2.08. The summed E-state index contributed by atoms with van der Waals surface area (Å²) in [5.74, 6) is -0.0391. The van der Waals surface area contributed by atoms with E-state index in [1.54, 1.807) is 24.3 Å². The molecule has 1 unspecified atom stereocenters. The van der Waals surface area contributed by atoms with E-state index in [1.807, 2.05) is 6.07 Å². The highest BCUT2D eigenvalue weighted by Gasteiger charge is 2.09. The maximum Gasteiger partial charge on any atom is 0.329 e. The van der Waals surface area contributed by atoms with E-state index in [2.05, 4.69) is 0 Å². The van der Waals surface area contributed by atoms with Crippen LogP contribution in [0.2, 0.25) is 0 Å². The first kappa shape index (κ1) is 8.74. The molecule has 1 N–H and O–H groups in total. The number of ether oxygens (including phenoxy) is 1. The maximum absolute atomic E-state index is 10.9. The van der Waals surface area contributed by atoms with Crippen molar-refractivity contribution in [3.63, 3.8) is 0 Å². The lowest BCUT2D eigenvalue weighted by atomic mass is 10.3. The largest absolute Gasteiger partial charge is 0.425 e. The third kappa shape index (κ3) is 2.36. The van der Waals surface area contributed by atoms with E-state index in [9.17, 15) is 4.79 Å². The van der Waals surface area contributed by atoms with Crippen LogP contribution in [0, 0.1) is 0 Å². The van der Waals surface area contributed by atoms with E-state index in [0.29, 0.717) is 5.75 Å². The Morgan fingerprint density at radius 1 is 1.42 bits per heavy atom. The first-order valence-electron chi connectivity index (χ1n) is 3.68. The molecular weight excluding hydrogens is 154 g/mol. The minimum Gasteiger partial charge on any atom is -0.425 e. The molecule has 63 valence electrons. The molecule has 1 atom stereocenters. The quantitative estimate of drug-likeness (QED) is 0.488. The monoisotopic (exact) mass is 164 g/mol. The van der Waals surface area contributed by atoms with Gasteiger partial charge in [-0.2, -0.15) is 0 Å². The Morgan fingerprint density at radius 3 is 2.50 bits per heavy atom. The molecule has 0 amide bonds. The Labute approximate surface area is 71.1 Å². The molecular formula is C9H10NO2. The fourth-order valence-corrected chi connectivity index (χ4v) is 0.693. The van der Waals surface area contributed by atoms with Crippen LogP contribution < -0.4 is 10.5 Å². The topological polar surface area (TPSA) is 50.1 Å². The summed E-state index contributed by atoms with van der Waals surface area (Å²) >= 11 is 0. The van der Waals surface area contributed by atoms with Crippen molar-refractivity contribution in [2.75, 3.05) is 0 Å². The molecule has 12 heavy (non-hydrogen) atoms. The van der Waals surface area contributed by atoms with Crippen LogP contribution in [-0.4, -0.2) is 12.0 Å². The number of benzene rings is 1. The van der Waals surface area contributed by atoms with E-state index in [0.717, 1.165) is 0 Å². The molecule has 0 aromatic heterocycles. The van der Waals surface area contributed by atoms with Crippen LogP contribution in [0.25, 0.3) is 0 Å². The predicted molar refractivity (Wildman–Crippen MR) is 44.6 cm³/mol. The highest BCUT2D eigenvalue weighted by atomic mass is 16.5. The van der Waals surface area contributed by atoms with Gasteiger partial charge in [-0.15, -0.1) is 0 Å². The lowest BCUT2D eigenvalue weighted by Gasteiger charge is -2.04. The number of carbonyl (C=O) groups excluding carboxylic acids is 1. The van der Waals surface area contributed by atoms with Crippen LogP contribution in [-0.2, 0) is 4.79 Å². The van der Waals surface area contributed by atoms with Crippen molar-refractivity contribution in [3.8, 4) is 5.75 Å². The number of nitrogens with one attached hydrogen (secondary N) is 1. The molecule has 0 saturated carbocycles. The molecule has 0 aliphatic rings. The van der Waals surface area contributed by atoms with E-state index in [1.165, 1.54) is 6.92 Å². The molecule has 1 aromatic carbocycles. The summed E-state index contributed by atoms with van der Waals surface area (Å²) in [7, 11) is 0. The second-order valence-corrected chi connectivity index (χ2v) is 2.46. The summed E-state index contributed by atoms with van der Waals surface area (Å²) in [5, 5.41) is 0. The van der Waals surface area contributed by atoms with Crippen molar-refractivity contribution in [3.05, 3.63) is 30.3 Å². The van der Waals surface area contributed by atoms with Crippen LogP contribution in [0.4, 0.5) is 0 Å². The van der Waals surface area contributed by atoms with Gasteiger partial charge in [0.25, 0.3) is 0 Å². The molecule has 0 fully saturated rings. The zero-order valence-corrected chi connectivity index (χ0v) is 6.78. The molecule has 0 heterocycles. The van der Waals surface area contributed by atoms with Crippen molar-refractivity contribution in [2.24, 2.45) is 0 Å². The summed E-state index contributed by atoms with van der Waals surface area (Å²) in [4.78, 5) is 10.9. The number of hydrogen-bond donors (Lipinski definition) is 0. The van der Waals surface area contributed by atoms with E-state index < -0.39 is 12.0 Å². The molecule has 1 aromatic rings. The number of carbonyl (C=O) groups is 1. The average molecular weight is 164 g/mol. The molecule has 3 heteroatoms. The van der Waals surface area contributed by atoms with Gasteiger partial charge >= 0.3 is 5.97 Å². The third-order valence-electron chi connectivity index (χ3n) is 1.32. The van der Waals surface area contributed by atoms with E-state index in [-0.39, 0.29) is 0 Å². The first-order chi connectivity index (χ1) is 5.70. The maximum atomic E-state index is 10.9. The van der Waals surface area contributed by atoms with Crippen LogP contribution in [0.3, 0.4) is 0 Å². The highest BCUT2D eigenvalue weighted by molar-refractivity contribution is 5.77. The van der Waals surface area contributed by atoms with Crippen molar-refractivity contribution < 1.29 is 9.53 Å². The zero-order chi connectivity index (χ0) is 8.97. The van der Waals surface area contributed by atoms with Crippen LogP contribution in [0.5, 0.6) is 5.75 Å². The molecule has 1 rings (SSSR count). The number of rotatable bonds is 2. The van der Waals surface area contributed by atoms with Crippen LogP contribution >= 0.6 is 0 Å². The van der Waals surface area contributed by atoms with Gasteiger partial charge in [-0.3, -0.25) is 0 Å². The molecule has 0 aliphatic carbocycles. The summed E-state index contributed by atoms with van der Waals surface area (Å²) in [6.45, 7) is 1.48. The summed E-state index contributed by atoms with van der Waals surface area (Å²) in [6.07, 6.45) is 0. The van der Waals surface area contributed by atoms with Crippen molar-refractivity contribution in [1.29, 1.82) is 0 Å². The third-order valence-corrected chi connectivity index (χ3v) is 1.32. The van der Waals surface area contributed by atoms with Crippen molar-refractivity contribution in [2.45, 2.75) is 13.0 Å². The summed E-state index contributed by atoms with van der Waals surface area (Å²) in [5.41, 5.74) is 7.06. The average Bonchev–Trinajstić information content (AvgIpc) is 2.06. The molecule has 3 nitrogen and oxygen atoms in total. The standard InChI is InChI=1S/C9H10NO2/c1-7(10)9(11)12-8-5-3-2-4-6-8/h2-7,10H,1H3. The SMILES string of the molecule is CC([NH])C(=O)Oc1ccccc1. The lowest BCUT2D eigenvalue weighted by molar-refractivity contribution is -0.135. The van der Waals surface area contributed by atoms with E-state index >= 15 is 0 Å². The molecule has 0 aliphatic heterocycles. The Balaban J connectivity index is 2.59. The van der Waals surface area contributed by atoms with Crippen LogP contribution in [0.15, 0.2) is 30.3 Å². The number of hydrogen-bond acceptors (Lipinski definition) is 2. The normalized spacial score (nSPS) is 12.2.